The Kier molecular flexibility index (Phi) is 4.28. The fourth-order valence-electron chi connectivity index (χ4n) is 1.05. The van der Waals surface area contributed by atoms with Crippen molar-refractivity contribution in [2.24, 2.45) is 5.10 Å². The average molecular weight is 222 g/mol. The number of nitrogens with one attached hydrogen (secondary N) is 2. The van der Waals surface area contributed by atoms with Gasteiger partial charge >= 0.3 is 6.03 Å². The number of carbonyl (C=O) groups excluding carboxylic acids is 1. The van der Waals surface area contributed by atoms with Gasteiger partial charge in [-0.2, -0.15) is 5.10 Å². The maximum Gasteiger partial charge on any atom is 0.358 e. The molecule has 0 aliphatic rings. The van der Waals surface area contributed by atoms with Gasteiger partial charge in [0.15, 0.2) is 0 Å². The van der Waals surface area contributed by atoms with E-state index in [2.05, 4.69) is 10.5 Å². The monoisotopic (exact) mass is 222 g/mol. The predicted octanol–water partition coefficient (Wildman–Crippen LogP) is 0.775. The van der Waals surface area contributed by atoms with Gasteiger partial charge in [0, 0.05) is 19.8 Å². The second kappa shape index (κ2) is 5.72. The van der Waals surface area contributed by atoms with Crippen LogP contribution in [0.25, 0.3) is 0 Å². The number of anilines is 1. The number of urea groups is 1. The van der Waals surface area contributed by atoms with E-state index in [1.165, 1.54) is 11.7 Å². The number of hydrogen-bond donors (Lipinski definition) is 3. The Balaban J connectivity index is 2.58. The highest BCUT2D eigenvalue weighted by Gasteiger charge is 1.94. The lowest BCUT2D eigenvalue weighted by molar-refractivity contribution is 0.162. The lowest BCUT2D eigenvalue weighted by Crippen LogP contribution is -2.29. The number of amides is 2. The Labute approximate surface area is 93.5 Å². The normalized spacial score (nSPS) is 10.2. The third kappa shape index (κ3) is 3.58. The summed E-state index contributed by atoms with van der Waals surface area (Å²) in [6.45, 7) is 0. The van der Waals surface area contributed by atoms with Gasteiger partial charge < -0.3 is 4.90 Å². The van der Waals surface area contributed by atoms with E-state index in [0.29, 0.717) is 0 Å². The molecule has 0 heterocycles. The van der Waals surface area contributed by atoms with Crippen LogP contribution in [0.1, 0.15) is 5.56 Å². The molecule has 0 aromatic heterocycles. The van der Waals surface area contributed by atoms with Crippen LogP contribution < -0.4 is 15.8 Å². The molecule has 0 saturated heterocycles. The summed E-state index contributed by atoms with van der Waals surface area (Å²) in [5, 5.41) is 11.8. The van der Waals surface area contributed by atoms with E-state index in [9.17, 15) is 4.79 Å². The largest absolute Gasteiger partial charge is 0.378 e. The molecule has 0 atom stereocenters. The van der Waals surface area contributed by atoms with E-state index in [-0.39, 0.29) is 0 Å². The molecule has 1 aromatic rings. The van der Waals surface area contributed by atoms with Crippen LogP contribution in [0, 0.1) is 0 Å². The molecule has 1 aromatic carbocycles. The average Bonchev–Trinajstić information content (AvgIpc) is 2.29. The van der Waals surface area contributed by atoms with E-state index in [1.54, 1.807) is 0 Å². The van der Waals surface area contributed by atoms with Gasteiger partial charge in [-0.15, -0.1) is 0 Å². The zero-order valence-corrected chi connectivity index (χ0v) is 9.14. The minimum atomic E-state index is -0.777. The molecule has 0 fully saturated rings. The molecule has 0 bridgehead atoms. The summed E-state index contributed by atoms with van der Waals surface area (Å²) in [7, 11) is 3.91. The molecule has 0 radical (unpaired) electrons. The second-order valence-corrected chi connectivity index (χ2v) is 3.30. The van der Waals surface area contributed by atoms with Gasteiger partial charge in [0.05, 0.1) is 6.21 Å². The van der Waals surface area contributed by atoms with E-state index in [1.807, 2.05) is 43.3 Å². The standard InChI is InChI=1S/C10H14N4O2/c1-14(2)9-5-3-8(4-6-9)7-11-12-10(15)13-16/h3-7,16H,1-2H3,(H2,12,13,15)/b11-7+. The smallest absolute Gasteiger partial charge is 0.358 e. The summed E-state index contributed by atoms with van der Waals surface area (Å²) in [4.78, 5) is 12.5. The number of carbonyl (C=O) groups is 1. The van der Waals surface area contributed by atoms with Crippen molar-refractivity contribution in [2.45, 2.75) is 0 Å². The fraction of sp³-hybridized carbons (Fsp3) is 0.200. The van der Waals surface area contributed by atoms with E-state index >= 15 is 0 Å². The van der Waals surface area contributed by atoms with Crippen LogP contribution in [-0.2, 0) is 0 Å². The molecular formula is C10H14N4O2. The number of nitrogens with zero attached hydrogens (tertiary/aromatic N) is 2. The summed E-state index contributed by atoms with van der Waals surface area (Å²) >= 11 is 0. The highest BCUT2D eigenvalue weighted by molar-refractivity contribution is 5.82. The molecule has 1 rings (SSSR count). The lowest BCUT2D eigenvalue weighted by Gasteiger charge is -2.11. The summed E-state index contributed by atoms with van der Waals surface area (Å²) in [6, 6.07) is 6.84. The third-order valence-corrected chi connectivity index (χ3v) is 1.89. The summed E-state index contributed by atoms with van der Waals surface area (Å²) in [6.07, 6.45) is 1.48. The van der Waals surface area contributed by atoms with Crippen molar-refractivity contribution < 1.29 is 10.0 Å². The van der Waals surface area contributed by atoms with Crippen LogP contribution in [0.5, 0.6) is 0 Å². The van der Waals surface area contributed by atoms with Crippen LogP contribution in [0.4, 0.5) is 10.5 Å². The Morgan fingerprint density at radius 1 is 1.38 bits per heavy atom. The molecule has 6 heteroatoms. The van der Waals surface area contributed by atoms with Gasteiger partial charge in [0.25, 0.3) is 0 Å². The molecule has 86 valence electrons. The Morgan fingerprint density at radius 3 is 2.50 bits per heavy atom. The van der Waals surface area contributed by atoms with Crippen molar-refractivity contribution in [3.05, 3.63) is 29.8 Å². The first-order chi connectivity index (χ1) is 7.63. The molecule has 0 aliphatic heterocycles. The van der Waals surface area contributed by atoms with E-state index < -0.39 is 6.03 Å². The SMILES string of the molecule is CN(C)c1ccc(/C=N/NC(=O)NO)cc1. The quantitative estimate of drug-likeness (QED) is 0.401. The van der Waals surface area contributed by atoms with Crippen LogP contribution in [0.2, 0.25) is 0 Å². The highest BCUT2D eigenvalue weighted by atomic mass is 16.5. The molecule has 16 heavy (non-hydrogen) atoms. The topological polar surface area (TPSA) is 77.0 Å². The second-order valence-electron chi connectivity index (χ2n) is 3.30. The maximum atomic E-state index is 10.6. The van der Waals surface area contributed by atoms with Crippen LogP contribution in [0.15, 0.2) is 29.4 Å². The van der Waals surface area contributed by atoms with Crippen molar-refractivity contribution in [1.29, 1.82) is 0 Å². The number of benzene rings is 1. The van der Waals surface area contributed by atoms with Gasteiger partial charge in [0.2, 0.25) is 0 Å². The zero-order valence-electron chi connectivity index (χ0n) is 9.14. The Hall–Kier alpha value is -2.08. The number of hydroxylamine groups is 1. The minimum Gasteiger partial charge on any atom is -0.378 e. The molecule has 0 saturated carbocycles. The third-order valence-electron chi connectivity index (χ3n) is 1.89. The molecular weight excluding hydrogens is 208 g/mol. The van der Waals surface area contributed by atoms with Gasteiger partial charge in [-0.05, 0) is 17.7 Å². The minimum absolute atomic E-state index is 0.777. The molecule has 3 N–H and O–H groups in total. The lowest BCUT2D eigenvalue weighted by atomic mass is 10.2. The first kappa shape index (κ1) is 12.0. The number of hydrazone groups is 1. The first-order valence-corrected chi connectivity index (χ1v) is 4.64. The molecule has 6 nitrogen and oxygen atoms in total. The van der Waals surface area contributed by atoms with E-state index in [0.717, 1.165) is 11.3 Å². The van der Waals surface area contributed by atoms with Crippen LogP contribution in [0.3, 0.4) is 0 Å². The number of hydrogen-bond acceptors (Lipinski definition) is 4. The zero-order chi connectivity index (χ0) is 12.0. The van der Waals surface area contributed by atoms with Crippen molar-refractivity contribution in [1.82, 2.24) is 10.9 Å². The Morgan fingerprint density at radius 2 is 2.00 bits per heavy atom. The molecule has 0 spiro atoms. The van der Waals surface area contributed by atoms with Gasteiger partial charge in [-0.3, -0.25) is 5.21 Å². The van der Waals surface area contributed by atoms with Crippen molar-refractivity contribution in [2.75, 3.05) is 19.0 Å². The predicted molar refractivity (Wildman–Crippen MR) is 61.8 cm³/mol. The van der Waals surface area contributed by atoms with Crippen LogP contribution >= 0.6 is 0 Å². The Bertz CT molecular complexity index is 373. The van der Waals surface area contributed by atoms with Crippen molar-refractivity contribution in [3.63, 3.8) is 0 Å². The van der Waals surface area contributed by atoms with Gasteiger partial charge in [-0.1, -0.05) is 12.1 Å². The number of rotatable bonds is 3. The van der Waals surface area contributed by atoms with Crippen molar-refractivity contribution >= 4 is 17.9 Å². The molecule has 0 unspecified atom stereocenters. The maximum absolute atomic E-state index is 10.6. The first-order valence-electron chi connectivity index (χ1n) is 4.64. The van der Waals surface area contributed by atoms with Crippen LogP contribution in [-0.4, -0.2) is 31.5 Å². The molecule has 2 amide bonds. The van der Waals surface area contributed by atoms with Gasteiger partial charge in [0.1, 0.15) is 0 Å². The fourth-order valence-corrected chi connectivity index (χ4v) is 1.05. The summed E-state index contributed by atoms with van der Waals surface area (Å²) in [5.41, 5.74) is 5.41. The van der Waals surface area contributed by atoms with Crippen molar-refractivity contribution in [3.8, 4) is 0 Å². The molecule has 0 aliphatic carbocycles. The van der Waals surface area contributed by atoms with Gasteiger partial charge in [-0.25, -0.2) is 15.7 Å². The van der Waals surface area contributed by atoms with E-state index in [4.69, 9.17) is 5.21 Å². The summed E-state index contributed by atoms with van der Waals surface area (Å²) in [5.74, 6) is 0. The summed E-state index contributed by atoms with van der Waals surface area (Å²) < 4.78 is 0. The highest BCUT2D eigenvalue weighted by Crippen LogP contribution is 2.10.